The second-order valence-corrected chi connectivity index (χ2v) is 10.3. The third-order valence-electron chi connectivity index (χ3n) is 3.44. The number of benzene rings is 2. The summed E-state index contributed by atoms with van der Waals surface area (Å²) < 4.78 is 0. The Labute approximate surface area is 118 Å². The Morgan fingerprint density at radius 2 is 1.11 bits per heavy atom. The SMILES string of the molecule is CC(C)(C)C[P+](C)(c1ccccc1)c1ccccc1. The van der Waals surface area contributed by atoms with Gasteiger partial charge in [0.1, 0.15) is 0 Å². The lowest BCUT2D eigenvalue weighted by Gasteiger charge is -2.29. The van der Waals surface area contributed by atoms with Gasteiger partial charge in [-0.25, -0.2) is 0 Å². The van der Waals surface area contributed by atoms with Crippen LogP contribution in [0.1, 0.15) is 20.8 Å². The molecule has 0 saturated heterocycles. The fourth-order valence-electron chi connectivity index (χ4n) is 2.79. The van der Waals surface area contributed by atoms with E-state index in [9.17, 15) is 0 Å². The minimum atomic E-state index is -1.30. The van der Waals surface area contributed by atoms with Crippen molar-refractivity contribution in [1.82, 2.24) is 0 Å². The summed E-state index contributed by atoms with van der Waals surface area (Å²) in [4.78, 5) is 0. The van der Waals surface area contributed by atoms with Crippen LogP contribution < -0.4 is 10.6 Å². The summed E-state index contributed by atoms with van der Waals surface area (Å²) in [6.45, 7) is 9.51. The highest BCUT2D eigenvalue weighted by Gasteiger charge is 2.40. The molecule has 0 bridgehead atoms. The van der Waals surface area contributed by atoms with Gasteiger partial charge in [0.15, 0.2) is 0 Å². The van der Waals surface area contributed by atoms with Gasteiger partial charge in [0.05, 0.1) is 30.7 Å². The van der Waals surface area contributed by atoms with Crippen LogP contribution in [0, 0.1) is 5.41 Å². The lowest BCUT2D eigenvalue weighted by molar-refractivity contribution is 0.477. The molecule has 0 aliphatic rings. The average Bonchev–Trinajstić information content (AvgIpc) is 2.39. The quantitative estimate of drug-likeness (QED) is 0.729. The predicted molar refractivity (Wildman–Crippen MR) is 89.3 cm³/mol. The third-order valence-corrected chi connectivity index (χ3v) is 7.90. The molecule has 0 aromatic heterocycles. The molecule has 0 nitrogen and oxygen atoms in total. The van der Waals surface area contributed by atoms with Crippen LogP contribution in [0.3, 0.4) is 0 Å². The van der Waals surface area contributed by atoms with Crippen molar-refractivity contribution in [3.05, 3.63) is 60.7 Å². The van der Waals surface area contributed by atoms with Crippen molar-refractivity contribution in [2.75, 3.05) is 12.8 Å². The molecular weight excluding hydrogens is 247 g/mol. The monoisotopic (exact) mass is 271 g/mol. The minimum Gasteiger partial charge on any atom is -0.0620 e. The van der Waals surface area contributed by atoms with Gasteiger partial charge in [-0.15, -0.1) is 0 Å². The summed E-state index contributed by atoms with van der Waals surface area (Å²) in [5.41, 5.74) is 0.341. The first-order chi connectivity index (χ1) is 8.92. The van der Waals surface area contributed by atoms with E-state index in [0.29, 0.717) is 5.41 Å². The van der Waals surface area contributed by atoms with Crippen molar-refractivity contribution in [2.24, 2.45) is 5.41 Å². The van der Waals surface area contributed by atoms with E-state index < -0.39 is 7.26 Å². The van der Waals surface area contributed by atoms with E-state index in [1.165, 1.54) is 16.8 Å². The first kappa shape index (κ1) is 14.3. The van der Waals surface area contributed by atoms with Crippen LogP contribution in [-0.4, -0.2) is 12.8 Å². The second-order valence-electron chi connectivity index (χ2n) is 6.58. The van der Waals surface area contributed by atoms with Crippen molar-refractivity contribution < 1.29 is 0 Å². The zero-order valence-electron chi connectivity index (χ0n) is 12.4. The molecule has 0 amide bonds. The summed E-state index contributed by atoms with van der Waals surface area (Å²) in [5.74, 6) is 0. The van der Waals surface area contributed by atoms with Gasteiger partial charge in [0, 0.05) is 0 Å². The maximum absolute atomic E-state index is 2.48. The van der Waals surface area contributed by atoms with Gasteiger partial charge in [0.2, 0.25) is 0 Å². The molecule has 2 aromatic rings. The van der Waals surface area contributed by atoms with Gasteiger partial charge in [-0.1, -0.05) is 57.2 Å². The standard InChI is InChI=1S/C18H24P/c1-18(2,3)15-19(4,16-11-7-5-8-12-16)17-13-9-6-10-14-17/h5-14H,15H2,1-4H3/q+1. The lowest BCUT2D eigenvalue weighted by atomic mass is 10.0. The molecule has 19 heavy (non-hydrogen) atoms. The number of rotatable bonds is 3. The van der Waals surface area contributed by atoms with E-state index in [0.717, 1.165) is 0 Å². The Morgan fingerprint density at radius 3 is 1.42 bits per heavy atom. The van der Waals surface area contributed by atoms with Crippen LogP contribution in [0.2, 0.25) is 0 Å². The molecule has 0 spiro atoms. The van der Waals surface area contributed by atoms with Gasteiger partial charge < -0.3 is 0 Å². The van der Waals surface area contributed by atoms with E-state index in [1.807, 2.05) is 0 Å². The fraction of sp³-hybridized carbons (Fsp3) is 0.333. The molecular formula is C18H24P+. The molecule has 1 heteroatoms. The second kappa shape index (κ2) is 5.47. The Kier molecular flexibility index (Phi) is 4.11. The van der Waals surface area contributed by atoms with Gasteiger partial charge >= 0.3 is 0 Å². The van der Waals surface area contributed by atoms with E-state index in [4.69, 9.17) is 0 Å². The zero-order valence-corrected chi connectivity index (χ0v) is 13.3. The molecule has 0 heterocycles. The van der Waals surface area contributed by atoms with E-state index in [2.05, 4.69) is 88.1 Å². The smallest absolute Gasteiger partial charge is 0.0620 e. The molecule has 100 valence electrons. The maximum Gasteiger partial charge on any atom is 0.0989 e. The van der Waals surface area contributed by atoms with Crippen molar-refractivity contribution in [3.63, 3.8) is 0 Å². The van der Waals surface area contributed by atoms with Crippen LogP contribution in [0.25, 0.3) is 0 Å². The predicted octanol–water partition coefficient (Wildman–Crippen LogP) is 4.33. The molecule has 0 atom stereocenters. The van der Waals surface area contributed by atoms with Gasteiger partial charge in [-0.05, 0) is 29.7 Å². The Balaban J connectivity index is 2.51. The van der Waals surface area contributed by atoms with Crippen LogP contribution >= 0.6 is 7.26 Å². The van der Waals surface area contributed by atoms with E-state index in [1.54, 1.807) is 0 Å². The van der Waals surface area contributed by atoms with Crippen molar-refractivity contribution in [2.45, 2.75) is 20.8 Å². The molecule has 0 radical (unpaired) electrons. The lowest BCUT2D eigenvalue weighted by Crippen LogP contribution is -2.29. The zero-order chi connectivity index (χ0) is 13.9. The minimum absolute atomic E-state index is 0.341. The van der Waals surface area contributed by atoms with Crippen LogP contribution in [0.4, 0.5) is 0 Å². The highest BCUT2D eigenvalue weighted by atomic mass is 31.2. The largest absolute Gasteiger partial charge is 0.0989 e. The van der Waals surface area contributed by atoms with Crippen LogP contribution in [0.5, 0.6) is 0 Å². The highest BCUT2D eigenvalue weighted by molar-refractivity contribution is 7.88. The number of hydrogen-bond acceptors (Lipinski definition) is 0. The first-order valence-electron chi connectivity index (χ1n) is 6.89. The molecule has 0 aliphatic heterocycles. The van der Waals surface area contributed by atoms with Gasteiger partial charge in [0.25, 0.3) is 0 Å². The summed E-state index contributed by atoms with van der Waals surface area (Å²) in [7, 11) is -1.30. The molecule has 0 fully saturated rings. The van der Waals surface area contributed by atoms with Crippen molar-refractivity contribution in [1.29, 1.82) is 0 Å². The summed E-state index contributed by atoms with van der Waals surface area (Å²) in [6, 6.07) is 22.1. The fourth-order valence-corrected chi connectivity index (χ4v) is 7.02. The van der Waals surface area contributed by atoms with Crippen molar-refractivity contribution in [3.8, 4) is 0 Å². The molecule has 0 unspecified atom stereocenters. The Morgan fingerprint density at radius 1 is 0.737 bits per heavy atom. The maximum atomic E-state index is 2.48. The average molecular weight is 271 g/mol. The van der Waals surface area contributed by atoms with Gasteiger partial charge in [-0.2, -0.15) is 0 Å². The van der Waals surface area contributed by atoms with Crippen molar-refractivity contribution >= 4 is 17.9 Å². The van der Waals surface area contributed by atoms with Gasteiger partial charge in [-0.3, -0.25) is 0 Å². The third kappa shape index (κ3) is 3.45. The Hall–Kier alpha value is -1.13. The summed E-state index contributed by atoms with van der Waals surface area (Å²) in [6.07, 6.45) is 1.24. The normalized spacial score (nSPS) is 12.4. The molecule has 0 aliphatic carbocycles. The topological polar surface area (TPSA) is 0 Å². The molecule has 2 rings (SSSR count). The van der Waals surface area contributed by atoms with E-state index >= 15 is 0 Å². The van der Waals surface area contributed by atoms with Crippen LogP contribution in [0.15, 0.2) is 60.7 Å². The summed E-state index contributed by atoms with van der Waals surface area (Å²) >= 11 is 0. The summed E-state index contributed by atoms with van der Waals surface area (Å²) in [5, 5.41) is 3.02. The van der Waals surface area contributed by atoms with E-state index in [-0.39, 0.29) is 0 Å². The molecule has 0 N–H and O–H groups in total. The number of hydrogen-bond donors (Lipinski definition) is 0. The first-order valence-corrected chi connectivity index (χ1v) is 9.31. The Bertz CT molecular complexity index is 469. The van der Waals surface area contributed by atoms with Crippen LogP contribution in [-0.2, 0) is 0 Å². The molecule has 2 aromatic carbocycles. The molecule has 0 saturated carbocycles. The highest BCUT2D eigenvalue weighted by Crippen LogP contribution is 2.56.